The van der Waals surface area contributed by atoms with Gasteiger partial charge >= 0.3 is 0 Å². The molecule has 0 aliphatic heterocycles. The minimum atomic E-state index is 0.191. The van der Waals surface area contributed by atoms with E-state index in [2.05, 4.69) is 25.3 Å². The summed E-state index contributed by atoms with van der Waals surface area (Å²) in [5, 5.41) is 8.93. The quantitative estimate of drug-likeness (QED) is 0.493. The van der Waals surface area contributed by atoms with Crippen LogP contribution in [-0.2, 0) is 0 Å². The van der Waals surface area contributed by atoms with Crippen LogP contribution in [0.25, 0.3) is 0 Å². The summed E-state index contributed by atoms with van der Waals surface area (Å²) in [5.41, 5.74) is 0. The van der Waals surface area contributed by atoms with Crippen LogP contribution in [0, 0.1) is 0 Å². The predicted octanol–water partition coefficient (Wildman–Crippen LogP) is 1.97. The highest BCUT2D eigenvalue weighted by Gasteiger charge is 1.93. The Morgan fingerprint density at radius 3 is 2.33 bits per heavy atom. The molecule has 0 aromatic heterocycles. The Labute approximate surface area is 64.5 Å². The predicted molar refractivity (Wildman–Crippen MR) is 42.6 cm³/mol. The zero-order chi connectivity index (χ0) is 6.85. The number of hydrogen-bond donors (Lipinski definition) is 3. The van der Waals surface area contributed by atoms with Gasteiger partial charge in [0.05, 0.1) is 0 Å². The SMILES string of the molecule is Oc1ccc(S)cc1S. The van der Waals surface area contributed by atoms with Crippen molar-refractivity contribution in [1.82, 2.24) is 0 Å². The number of aromatic hydroxyl groups is 1. The molecular formula is C6H6OS2. The van der Waals surface area contributed by atoms with E-state index in [4.69, 9.17) is 5.11 Å². The Kier molecular flexibility index (Phi) is 1.93. The van der Waals surface area contributed by atoms with Gasteiger partial charge in [-0.15, -0.1) is 25.3 Å². The first-order chi connectivity index (χ1) is 4.20. The van der Waals surface area contributed by atoms with Gasteiger partial charge in [-0.25, -0.2) is 0 Å². The number of thiol groups is 2. The molecule has 0 amide bonds. The van der Waals surface area contributed by atoms with E-state index in [1.807, 2.05) is 0 Å². The molecule has 1 aromatic carbocycles. The molecule has 1 N–H and O–H groups in total. The summed E-state index contributed by atoms with van der Waals surface area (Å²) in [4.78, 5) is 1.36. The normalized spacial score (nSPS) is 9.56. The average Bonchev–Trinajstić information content (AvgIpc) is 1.80. The third kappa shape index (κ3) is 1.56. The molecule has 48 valence electrons. The monoisotopic (exact) mass is 158 g/mol. The van der Waals surface area contributed by atoms with Gasteiger partial charge in [0.25, 0.3) is 0 Å². The lowest BCUT2D eigenvalue weighted by Crippen LogP contribution is -1.68. The molecule has 1 rings (SSSR count). The lowest BCUT2D eigenvalue weighted by Gasteiger charge is -1.95. The third-order valence-electron chi connectivity index (χ3n) is 0.959. The van der Waals surface area contributed by atoms with Crippen molar-refractivity contribution in [3.8, 4) is 5.75 Å². The summed E-state index contributed by atoms with van der Waals surface area (Å²) in [7, 11) is 0. The van der Waals surface area contributed by atoms with Crippen LogP contribution < -0.4 is 0 Å². The van der Waals surface area contributed by atoms with Crippen LogP contribution in [0.15, 0.2) is 28.0 Å². The van der Waals surface area contributed by atoms with Crippen LogP contribution in [0.5, 0.6) is 5.75 Å². The van der Waals surface area contributed by atoms with Crippen molar-refractivity contribution in [2.75, 3.05) is 0 Å². The first-order valence-corrected chi connectivity index (χ1v) is 3.30. The minimum absolute atomic E-state index is 0.191. The number of hydrogen-bond acceptors (Lipinski definition) is 3. The molecule has 0 unspecified atom stereocenters. The molecule has 0 aliphatic rings. The summed E-state index contributed by atoms with van der Waals surface area (Å²) in [6, 6.07) is 4.95. The highest BCUT2D eigenvalue weighted by molar-refractivity contribution is 7.81. The number of rotatable bonds is 0. The van der Waals surface area contributed by atoms with Gasteiger partial charge in [0.2, 0.25) is 0 Å². The second-order valence-corrected chi connectivity index (χ2v) is 2.67. The molecule has 0 bridgehead atoms. The molecular weight excluding hydrogens is 152 g/mol. The van der Waals surface area contributed by atoms with Crippen LogP contribution in [-0.4, -0.2) is 5.11 Å². The molecule has 0 fully saturated rings. The van der Waals surface area contributed by atoms with Crippen LogP contribution in [0.1, 0.15) is 0 Å². The van der Waals surface area contributed by atoms with Crippen LogP contribution >= 0.6 is 25.3 Å². The van der Waals surface area contributed by atoms with Crippen LogP contribution in [0.2, 0.25) is 0 Å². The Balaban J connectivity index is 3.17. The zero-order valence-corrected chi connectivity index (χ0v) is 6.36. The van der Waals surface area contributed by atoms with Crippen molar-refractivity contribution < 1.29 is 5.11 Å². The average molecular weight is 158 g/mol. The van der Waals surface area contributed by atoms with Crippen molar-refractivity contribution >= 4 is 25.3 Å². The van der Waals surface area contributed by atoms with Gasteiger partial charge < -0.3 is 5.11 Å². The van der Waals surface area contributed by atoms with Gasteiger partial charge in [0.1, 0.15) is 5.75 Å². The topological polar surface area (TPSA) is 20.2 Å². The van der Waals surface area contributed by atoms with Gasteiger partial charge in [-0.2, -0.15) is 0 Å². The van der Waals surface area contributed by atoms with Crippen LogP contribution in [0.3, 0.4) is 0 Å². The molecule has 1 nitrogen and oxygen atoms in total. The largest absolute Gasteiger partial charge is 0.507 e. The molecule has 0 aliphatic carbocycles. The number of phenolic OH excluding ortho intramolecular Hbond substituents is 1. The van der Waals surface area contributed by atoms with Crippen molar-refractivity contribution in [3.05, 3.63) is 18.2 Å². The number of benzene rings is 1. The molecule has 0 saturated carbocycles. The molecule has 0 spiro atoms. The van der Waals surface area contributed by atoms with E-state index in [1.54, 1.807) is 18.2 Å². The molecule has 0 radical (unpaired) electrons. The van der Waals surface area contributed by atoms with Gasteiger partial charge in [-0.05, 0) is 18.2 Å². The fourth-order valence-corrected chi connectivity index (χ4v) is 1.03. The molecule has 0 heterocycles. The standard InChI is InChI=1S/C6H6OS2/c7-5-2-1-4(8)3-6(5)9/h1-3,7-9H. The van der Waals surface area contributed by atoms with Gasteiger partial charge in [0.15, 0.2) is 0 Å². The molecule has 9 heavy (non-hydrogen) atoms. The molecule has 3 heteroatoms. The van der Waals surface area contributed by atoms with E-state index in [0.29, 0.717) is 4.90 Å². The third-order valence-corrected chi connectivity index (χ3v) is 1.60. The minimum Gasteiger partial charge on any atom is -0.507 e. The van der Waals surface area contributed by atoms with Gasteiger partial charge in [-0.3, -0.25) is 0 Å². The van der Waals surface area contributed by atoms with Gasteiger partial charge in [-0.1, -0.05) is 0 Å². The lowest BCUT2D eigenvalue weighted by atomic mass is 10.3. The maximum absolute atomic E-state index is 8.93. The van der Waals surface area contributed by atoms with E-state index in [9.17, 15) is 0 Å². The number of phenols is 1. The maximum atomic E-state index is 8.93. The van der Waals surface area contributed by atoms with E-state index in [1.165, 1.54) is 0 Å². The summed E-state index contributed by atoms with van der Waals surface area (Å²) < 4.78 is 0. The smallest absolute Gasteiger partial charge is 0.128 e. The summed E-state index contributed by atoms with van der Waals surface area (Å²) in [5.74, 6) is 0.191. The highest BCUT2D eigenvalue weighted by atomic mass is 32.1. The van der Waals surface area contributed by atoms with E-state index in [0.717, 1.165) is 4.90 Å². The summed E-state index contributed by atoms with van der Waals surface area (Å²) in [6.45, 7) is 0. The van der Waals surface area contributed by atoms with Crippen LogP contribution in [0.4, 0.5) is 0 Å². The fourth-order valence-electron chi connectivity index (χ4n) is 0.512. The van der Waals surface area contributed by atoms with E-state index in [-0.39, 0.29) is 5.75 Å². The van der Waals surface area contributed by atoms with Crippen molar-refractivity contribution in [2.24, 2.45) is 0 Å². The van der Waals surface area contributed by atoms with E-state index < -0.39 is 0 Å². The first-order valence-electron chi connectivity index (χ1n) is 2.41. The zero-order valence-electron chi connectivity index (χ0n) is 4.57. The Hall–Kier alpha value is -0.280. The molecule has 1 aromatic rings. The van der Waals surface area contributed by atoms with Crippen molar-refractivity contribution in [1.29, 1.82) is 0 Å². The van der Waals surface area contributed by atoms with Crippen molar-refractivity contribution in [2.45, 2.75) is 9.79 Å². The highest BCUT2D eigenvalue weighted by Crippen LogP contribution is 2.22. The summed E-state index contributed by atoms with van der Waals surface area (Å²) in [6.07, 6.45) is 0. The fraction of sp³-hybridized carbons (Fsp3) is 0. The summed E-state index contributed by atoms with van der Waals surface area (Å²) >= 11 is 8.01. The second-order valence-electron chi connectivity index (χ2n) is 1.67. The lowest BCUT2D eigenvalue weighted by molar-refractivity contribution is 0.462. The Morgan fingerprint density at radius 2 is 1.89 bits per heavy atom. The maximum Gasteiger partial charge on any atom is 0.128 e. The first kappa shape index (κ1) is 6.83. The van der Waals surface area contributed by atoms with Crippen molar-refractivity contribution in [3.63, 3.8) is 0 Å². The van der Waals surface area contributed by atoms with Gasteiger partial charge in [0, 0.05) is 9.79 Å². The molecule has 0 atom stereocenters. The Morgan fingerprint density at radius 1 is 1.22 bits per heavy atom. The van der Waals surface area contributed by atoms with E-state index >= 15 is 0 Å². The Bertz CT molecular complexity index is 222. The second kappa shape index (κ2) is 2.54. The molecule has 0 saturated heterocycles.